The predicted molar refractivity (Wildman–Crippen MR) is 64.0 cm³/mol. The van der Waals surface area contributed by atoms with Crippen LogP contribution in [0.15, 0.2) is 23.4 Å². The summed E-state index contributed by atoms with van der Waals surface area (Å²) in [5, 5.41) is 13.7. The molecule has 0 aliphatic rings. The van der Waals surface area contributed by atoms with Crippen LogP contribution in [0.2, 0.25) is 0 Å². The zero-order chi connectivity index (χ0) is 13.7. The first-order valence-corrected chi connectivity index (χ1v) is 5.10. The van der Waals surface area contributed by atoms with Gasteiger partial charge in [-0.2, -0.15) is 0 Å². The molecule has 0 aromatic heterocycles. The normalized spacial score (nSPS) is 13.2. The molecule has 18 heavy (non-hydrogen) atoms. The van der Waals surface area contributed by atoms with Crippen LogP contribution in [0, 0.1) is 5.82 Å². The summed E-state index contributed by atoms with van der Waals surface area (Å²) < 4.78 is 18.2. The van der Waals surface area contributed by atoms with E-state index in [1.165, 1.54) is 19.2 Å². The monoisotopic (exact) mass is 255 g/mol. The van der Waals surface area contributed by atoms with Gasteiger partial charge < -0.3 is 21.0 Å². The van der Waals surface area contributed by atoms with Crippen molar-refractivity contribution in [2.24, 2.45) is 10.9 Å². The van der Waals surface area contributed by atoms with E-state index in [0.717, 1.165) is 6.07 Å². The number of carbonyl (C=O) groups is 1. The molecule has 0 saturated heterocycles. The highest BCUT2D eigenvalue weighted by atomic mass is 19.1. The van der Waals surface area contributed by atoms with Gasteiger partial charge in [-0.25, -0.2) is 4.39 Å². The molecule has 0 spiro atoms. The Balaban J connectivity index is 2.96. The van der Waals surface area contributed by atoms with Crippen molar-refractivity contribution in [3.8, 4) is 0 Å². The highest BCUT2D eigenvalue weighted by molar-refractivity contribution is 6.00. The average molecular weight is 255 g/mol. The maximum absolute atomic E-state index is 13.4. The van der Waals surface area contributed by atoms with Gasteiger partial charge in [-0.15, -0.1) is 0 Å². The Hall–Kier alpha value is -2.15. The van der Waals surface area contributed by atoms with Gasteiger partial charge in [0.25, 0.3) is 5.91 Å². The van der Waals surface area contributed by atoms with E-state index in [2.05, 4.69) is 10.5 Å². The number of hydrogen-bond donors (Lipinski definition) is 3. The molecular weight excluding hydrogens is 241 g/mol. The van der Waals surface area contributed by atoms with Crippen LogP contribution in [0.5, 0.6) is 0 Å². The number of nitrogens with one attached hydrogen (secondary N) is 1. The number of halogens is 1. The molecule has 1 atom stereocenters. The smallest absolute Gasteiger partial charge is 0.253 e. The Morgan fingerprint density at radius 2 is 2.28 bits per heavy atom. The van der Waals surface area contributed by atoms with E-state index in [-0.39, 0.29) is 17.3 Å². The molecule has 0 aliphatic carbocycles. The van der Waals surface area contributed by atoms with E-state index in [1.807, 2.05) is 0 Å². The largest absolute Gasteiger partial charge is 0.409 e. The van der Waals surface area contributed by atoms with Gasteiger partial charge in [-0.05, 0) is 25.1 Å². The molecule has 1 unspecified atom stereocenters. The van der Waals surface area contributed by atoms with Crippen LogP contribution in [0.25, 0.3) is 0 Å². The maximum Gasteiger partial charge on any atom is 0.253 e. The predicted octanol–water partition coefficient (Wildman–Crippen LogP) is 0.894. The number of benzene rings is 1. The summed E-state index contributed by atoms with van der Waals surface area (Å²) in [6, 6.07) is 3.74. The van der Waals surface area contributed by atoms with Crippen LogP contribution < -0.4 is 11.1 Å². The first-order valence-electron chi connectivity index (χ1n) is 5.10. The van der Waals surface area contributed by atoms with Gasteiger partial charge >= 0.3 is 0 Å². The Labute approximate surface area is 103 Å². The summed E-state index contributed by atoms with van der Waals surface area (Å²) in [5.74, 6) is -1.40. The number of ether oxygens (including phenoxy) is 1. The molecule has 0 saturated carbocycles. The fraction of sp³-hybridized carbons (Fsp3) is 0.273. The zero-order valence-corrected chi connectivity index (χ0v) is 9.98. The fourth-order valence-corrected chi connectivity index (χ4v) is 1.20. The Morgan fingerprint density at radius 3 is 2.83 bits per heavy atom. The number of nitrogens with two attached hydrogens (primary N) is 1. The van der Waals surface area contributed by atoms with Gasteiger partial charge in [0, 0.05) is 12.8 Å². The molecule has 0 aliphatic heterocycles. The van der Waals surface area contributed by atoms with Gasteiger partial charge in [0.2, 0.25) is 0 Å². The van der Waals surface area contributed by atoms with Crippen molar-refractivity contribution in [2.45, 2.75) is 13.0 Å². The number of amidine groups is 1. The maximum atomic E-state index is 13.4. The Bertz CT molecular complexity index is 477. The lowest BCUT2D eigenvalue weighted by molar-refractivity contribution is -0.124. The Kier molecular flexibility index (Phi) is 4.61. The third kappa shape index (κ3) is 3.17. The molecule has 0 fully saturated rings. The van der Waals surface area contributed by atoms with Crippen LogP contribution >= 0.6 is 0 Å². The van der Waals surface area contributed by atoms with E-state index in [0.29, 0.717) is 5.69 Å². The molecule has 7 heteroatoms. The minimum atomic E-state index is -0.650. The van der Waals surface area contributed by atoms with E-state index in [9.17, 15) is 9.18 Å². The third-order valence-corrected chi connectivity index (χ3v) is 2.34. The zero-order valence-electron chi connectivity index (χ0n) is 9.98. The Morgan fingerprint density at radius 1 is 1.61 bits per heavy atom. The highest BCUT2D eigenvalue weighted by Crippen LogP contribution is 2.15. The lowest BCUT2D eigenvalue weighted by Gasteiger charge is -2.11. The molecule has 0 heterocycles. The molecular formula is C11H14FN3O3. The number of amides is 1. The van der Waals surface area contributed by atoms with Gasteiger partial charge in [-0.1, -0.05) is 5.16 Å². The second-order valence-electron chi connectivity index (χ2n) is 3.55. The van der Waals surface area contributed by atoms with E-state index < -0.39 is 11.9 Å². The number of hydrogen-bond acceptors (Lipinski definition) is 4. The third-order valence-electron chi connectivity index (χ3n) is 2.34. The number of carbonyl (C=O) groups excluding carboxylic acids is 1. The minimum Gasteiger partial charge on any atom is -0.409 e. The number of methoxy groups -OCH3 is 1. The molecule has 98 valence electrons. The molecule has 6 nitrogen and oxygen atoms in total. The molecule has 1 aromatic carbocycles. The summed E-state index contributed by atoms with van der Waals surface area (Å²) in [6.45, 7) is 1.57. The van der Waals surface area contributed by atoms with Gasteiger partial charge in [-0.3, -0.25) is 4.79 Å². The summed E-state index contributed by atoms with van der Waals surface area (Å²) in [5.41, 5.74) is 5.53. The van der Waals surface area contributed by atoms with Gasteiger partial charge in [0.05, 0.1) is 5.56 Å². The van der Waals surface area contributed by atoms with Crippen LogP contribution in [0.4, 0.5) is 10.1 Å². The van der Waals surface area contributed by atoms with Gasteiger partial charge in [0.15, 0.2) is 5.84 Å². The highest BCUT2D eigenvalue weighted by Gasteiger charge is 2.13. The van der Waals surface area contributed by atoms with Crippen molar-refractivity contribution in [3.63, 3.8) is 0 Å². The lowest BCUT2D eigenvalue weighted by atomic mass is 10.1. The summed E-state index contributed by atoms with van der Waals surface area (Å²) in [7, 11) is 1.40. The molecule has 1 aromatic rings. The van der Waals surface area contributed by atoms with Crippen molar-refractivity contribution in [1.82, 2.24) is 0 Å². The molecule has 4 N–H and O–H groups in total. The molecule has 1 rings (SSSR count). The number of nitrogens with zero attached hydrogens (tertiary/aromatic N) is 1. The van der Waals surface area contributed by atoms with Crippen LogP contribution in [-0.2, 0) is 9.53 Å². The van der Waals surface area contributed by atoms with E-state index in [1.54, 1.807) is 6.92 Å². The second kappa shape index (κ2) is 5.97. The first kappa shape index (κ1) is 13.9. The quantitative estimate of drug-likeness (QED) is 0.322. The van der Waals surface area contributed by atoms with Crippen molar-refractivity contribution in [3.05, 3.63) is 29.6 Å². The SMILES string of the molecule is COC(C)C(=O)Nc1ccc(F)c(/C(N)=N/O)c1. The summed E-state index contributed by atoms with van der Waals surface area (Å²) >= 11 is 0. The molecule has 0 radical (unpaired) electrons. The number of oxime groups is 1. The van der Waals surface area contributed by atoms with Crippen LogP contribution in [0.1, 0.15) is 12.5 Å². The van der Waals surface area contributed by atoms with Crippen molar-refractivity contribution in [2.75, 3.05) is 12.4 Å². The standard InChI is InChI=1S/C11H14FN3O3/c1-6(18-2)11(16)14-7-3-4-9(12)8(5-7)10(13)15-17/h3-6,17H,1-2H3,(H2,13,15)(H,14,16). The van der Waals surface area contributed by atoms with Crippen molar-refractivity contribution < 1.29 is 19.1 Å². The van der Waals surface area contributed by atoms with E-state index >= 15 is 0 Å². The number of rotatable bonds is 4. The lowest BCUT2D eigenvalue weighted by Crippen LogP contribution is -2.26. The molecule has 1 amide bonds. The van der Waals surface area contributed by atoms with E-state index in [4.69, 9.17) is 15.7 Å². The van der Waals surface area contributed by atoms with Crippen molar-refractivity contribution >= 4 is 17.4 Å². The minimum absolute atomic E-state index is 0.0969. The molecule has 0 bridgehead atoms. The fourth-order valence-electron chi connectivity index (χ4n) is 1.20. The van der Waals surface area contributed by atoms with Crippen LogP contribution in [-0.4, -0.2) is 30.2 Å². The summed E-state index contributed by atoms with van der Waals surface area (Å²) in [4.78, 5) is 11.5. The van der Waals surface area contributed by atoms with Gasteiger partial charge in [0.1, 0.15) is 11.9 Å². The van der Waals surface area contributed by atoms with Crippen molar-refractivity contribution in [1.29, 1.82) is 0 Å². The van der Waals surface area contributed by atoms with Crippen LogP contribution in [0.3, 0.4) is 0 Å². The first-order chi connectivity index (χ1) is 8.49. The topological polar surface area (TPSA) is 96.9 Å². The average Bonchev–Trinajstić information content (AvgIpc) is 2.38. The summed E-state index contributed by atoms with van der Waals surface area (Å²) in [6.07, 6.45) is -0.637. The number of anilines is 1. The second-order valence-corrected chi connectivity index (χ2v) is 3.55.